The number of phenolic OH excluding ortho intramolecular Hbond substituents is 1. The average molecular weight is 275 g/mol. The molecule has 2 aromatic rings. The molecule has 2 heterocycles. The first-order valence-corrected chi connectivity index (χ1v) is 6.47. The van der Waals surface area contributed by atoms with Crippen molar-refractivity contribution in [3.63, 3.8) is 0 Å². The van der Waals surface area contributed by atoms with E-state index < -0.39 is 0 Å². The van der Waals surface area contributed by atoms with Crippen LogP contribution in [0.3, 0.4) is 0 Å². The normalized spacial score (nSPS) is 18.5. The highest BCUT2D eigenvalue weighted by molar-refractivity contribution is 5.61. The molecule has 20 heavy (non-hydrogen) atoms. The molecule has 3 rings (SSSR count). The van der Waals surface area contributed by atoms with E-state index in [1.807, 2.05) is 11.0 Å². The average Bonchev–Trinajstić information content (AvgIpc) is 3.07. The van der Waals surface area contributed by atoms with Gasteiger partial charge in [0.25, 0.3) is 0 Å². The molecule has 1 aliphatic rings. The summed E-state index contributed by atoms with van der Waals surface area (Å²) in [5.41, 5.74) is 6.63. The van der Waals surface area contributed by atoms with Crippen LogP contribution in [0.15, 0.2) is 18.2 Å². The van der Waals surface area contributed by atoms with E-state index in [9.17, 15) is 5.11 Å². The van der Waals surface area contributed by atoms with Crippen molar-refractivity contribution >= 4 is 5.95 Å². The number of aromatic hydroxyl groups is 1. The number of nitrogens with two attached hydrogens (primary N) is 1. The molecule has 7 heteroatoms. The molecule has 0 bridgehead atoms. The molecule has 0 aliphatic carbocycles. The van der Waals surface area contributed by atoms with Crippen LogP contribution in [0.25, 0.3) is 11.4 Å². The van der Waals surface area contributed by atoms with E-state index in [-0.39, 0.29) is 11.8 Å². The van der Waals surface area contributed by atoms with E-state index in [1.165, 1.54) is 7.11 Å². The third-order valence-corrected chi connectivity index (χ3v) is 3.43. The monoisotopic (exact) mass is 275 g/mol. The molecule has 0 radical (unpaired) electrons. The third kappa shape index (κ3) is 2.27. The van der Waals surface area contributed by atoms with Gasteiger partial charge in [0, 0.05) is 24.7 Å². The Morgan fingerprint density at radius 1 is 1.50 bits per heavy atom. The lowest BCUT2D eigenvalue weighted by atomic mass is 10.2. The zero-order chi connectivity index (χ0) is 14.1. The van der Waals surface area contributed by atoms with E-state index in [0.29, 0.717) is 17.5 Å². The van der Waals surface area contributed by atoms with Crippen molar-refractivity contribution in [2.45, 2.75) is 12.5 Å². The number of phenols is 1. The van der Waals surface area contributed by atoms with Gasteiger partial charge in [-0.25, -0.2) is 0 Å². The molecule has 0 spiro atoms. The number of nitrogens with zero attached hydrogens (tertiary/aromatic N) is 3. The van der Waals surface area contributed by atoms with Crippen LogP contribution < -0.4 is 15.4 Å². The van der Waals surface area contributed by atoms with Gasteiger partial charge >= 0.3 is 0 Å². The molecule has 1 aliphatic heterocycles. The van der Waals surface area contributed by atoms with Crippen LogP contribution in [0.5, 0.6) is 11.5 Å². The van der Waals surface area contributed by atoms with Crippen molar-refractivity contribution in [3.8, 4) is 22.9 Å². The number of ether oxygens (including phenoxy) is 1. The van der Waals surface area contributed by atoms with Crippen molar-refractivity contribution in [3.05, 3.63) is 18.2 Å². The lowest BCUT2D eigenvalue weighted by molar-refractivity contribution is 0.373. The Morgan fingerprint density at radius 2 is 2.35 bits per heavy atom. The number of hydrogen-bond donors (Lipinski definition) is 3. The summed E-state index contributed by atoms with van der Waals surface area (Å²) in [5, 5.41) is 16.9. The summed E-state index contributed by atoms with van der Waals surface area (Å²) in [7, 11) is 1.51. The van der Waals surface area contributed by atoms with Crippen molar-refractivity contribution < 1.29 is 9.84 Å². The molecular weight excluding hydrogens is 258 g/mol. The predicted molar refractivity (Wildman–Crippen MR) is 74.8 cm³/mol. The minimum Gasteiger partial charge on any atom is -0.504 e. The number of H-pyrrole nitrogens is 1. The molecule has 1 aromatic carbocycles. The number of benzene rings is 1. The molecule has 7 nitrogen and oxygen atoms in total. The van der Waals surface area contributed by atoms with Crippen molar-refractivity contribution in [1.82, 2.24) is 15.2 Å². The highest BCUT2D eigenvalue weighted by Gasteiger charge is 2.22. The van der Waals surface area contributed by atoms with Crippen LogP contribution >= 0.6 is 0 Å². The van der Waals surface area contributed by atoms with Crippen LogP contribution in [0.2, 0.25) is 0 Å². The molecule has 4 N–H and O–H groups in total. The summed E-state index contributed by atoms with van der Waals surface area (Å²) >= 11 is 0. The second kappa shape index (κ2) is 5.01. The van der Waals surface area contributed by atoms with Crippen molar-refractivity contribution in [1.29, 1.82) is 0 Å². The van der Waals surface area contributed by atoms with Crippen LogP contribution in [0, 0.1) is 0 Å². The van der Waals surface area contributed by atoms with Gasteiger partial charge in [-0.1, -0.05) is 0 Å². The van der Waals surface area contributed by atoms with E-state index in [2.05, 4.69) is 15.2 Å². The Morgan fingerprint density at radius 3 is 3.00 bits per heavy atom. The number of hydrogen-bond acceptors (Lipinski definition) is 6. The minimum atomic E-state index is 0.0751. The zero-order valence-electron chi connectivity index (χ0n) is 11.2. The van der Waals surface area contributed by atoms with Gasteiger partial charge in [0.05, 0.1) is 7.11 Å². The molecule has 106 valence electrons. The van der Waals surface area contributed by atoms with Gasteiger partial charge < -0.3 is 20.5 Å². The lowest BCUT2D eigenvalue weighted by Gasteiger charge is -2.11. The Balaban J connectivity index is 1.84. The van der Waals surface area contributed by atoms with Crippen molar-refractivity contribution in [2.75, 3.05) is 25.1 Å². The molecule has 1 atom stereocenters. The second-order valence-corrected chi connectivity index (χ2v) is 4.87. The second-order valence-electron chi connectivity index (χ2n) is 4.87. The first-order chi connectivity index (χ1) is 9.67. The number of anilines is 1. The van der Waals surface area contributed by atoms with Crippen LogP contribution in [-0.4, -0.2) is 46.5 Å². The quantitative estimate of drug-likeness (QED) is 0.763. The molecule has 1 saturated heterocycles. The van der Waals surface area contributed by atoms with Crippen LogP contribution in [0.1, 0.15) is 6.42 Å². The maximum absolute atomic E-state index is 9.79. The molecular formula is C13H17N5O2. The topological polar surface area (TPSA) is 100 Å². The Bertz CT molecular complexity index is 613. The molecule has 1 fully saturated rings. The van der Waals surface area contributed by atoms with E-state index in [4.69, 9.17) is 10.5 Å². The summed E-state index contributed by atoms with van der Waals surface area (Å²) in [6.45, 7) is 1.64. The van der Waals surface area contributed by atoms with Gasteiger partial charge in [-0.2, -0.15) is 4.98 Å². The fourth-order valence-corrected chi connectivity index (χ4v) is 2.33. The summed E-state index contributed by atoms with van der Waals surface area (Å²) in [6, 6.07) is 5.29. The SMILES string of the molecule is COc1ccc(-c2nc(N3CCC(N)C3)n[nH]2)cc1O. The van der Waals surface area contributed by atoms with E-state index >= 15 is 0 Å². The van der Waals surface area contributed by atoms with Gasteiger partial charge in [0.1, 0.15) is 0 Å². The highest BCUT2D eigenvalue weighted by Crippen LogP contribution is 2.30. The first-order valence-electron chi connectivity index (χ1n) is 6.47. The van der Waals surface area contributed by atoms with Gasteiger partial charge in [-0.15, -0.1) is 5.10 Å². The smallest absolute Gasteiger partial charge is 0.245 e. The van der Waals surface area contributed by atoms with E-state index in [1.54, 1.807) is 12.1 Å². The Kier molecular flexibility index (Phi) is 3.19. The molecule has 0 amide bonds. The maximum atomic E-state index is 9.79. The highest BCUT2D eigenvalue weighted by atomic mass is 16.5. The summed E-state index contributed by atoms with van der Waals surface area (Å²) in [5.74, 6) is 1.76. The van der Waals surface area contributed by atoms with Crippen LogP contribution in [0.4, 0.5) is 5.95 Å². The number of aromatic amines is 1. The molecule has 0 saturated carbocycles. The molecule has 1 unspecified atom stereocenters. The van der Waals surface area contributed by atoms with Crippen LogP contribution in [-0.2, 0) is 0 Å². The predicted octanol–water partition coefficient (Wildman–Crippen LogP) is 0.723. The summed E-state index contributed by atoms with van der Waals surface area (Å²) < 4.78 is 5.02. The molecule has 1 aromatic heterocycles. The first kappa shape index (κ1) is 12.7. The largest absolute Gasteiger partial charge is 0.504 e. The fourth-order valence-electron chi connectivity index (χ4n) is 2.33. The fraction of sp³-hybridized carbons (Fsp3) is 0.385. The third-order valence-electron chi connectivity index (χ3n) is 3.43. The van der Waals surface area contributed by atoms with E-state index in [0.717, 1.165) is 25.1 Å². The number of methoxy groups -OCH3 is 1. The number of nitrogens with one attached hydrogen (secondary N) is 1. The van der Waals surface area contributed by atoms with Gasteiger partial charge in [-0.05, 0) is 24.6 Å². The van der Waals surface area contributed by atoms with Gasteiger partial charge in [0.15, 0.2) is 17.3 Å². The summed E-state index contributed by atoms with van der Waals surface area (Å²) in [6.07, 6.45) is 0.952. The standard InChI is InChI=1S/C13H17N5O2/c1-20-11-3-2-8(6-10(11)19)12-15-13(17-16-12)18-5-4-9(14)7-18/h2-3,6,9,19H,4-5,7,14H2,1H3,(H,15,16,17). The minimum absolute atomic E-state index is 0.0751. The lowest BCUT2D eigenvalue weighted by Crippen LogP contribution is -2.26. The zero-order valence-corrected chi connectivity index (χ0v) is 11.2. The van der Waals surface area contributed by atoms with Gasteiger partial charge in [-0.3, -0.25) is 5.10 Å². The number of rotatable bonds is 3. The Hall–Kier alpha value is -2.28. The summed E-state index contributed by atoms with van der Waals surface area (Å²) in [4.78, 5) is 6.49. The Labute approximate surface area is 116 Å². The van der Waals surface area contributed by atoms with Crippen molar-refractivity contribution in [2.24, 2.45) is 5.73 Å². The number of aromatic nitrogens is 3. The maximum Gasteiger partial charge on any atom is 0.245 e. The van der Waals surface area contributed by atoms with Gasteiger partial charge in [0.2, 0.25) is 5.95 Å².